The summed E-state index contributed by atoms with van der Waals surface area (Å²) in [6, 6.07) is 17.2. The Balaban J connectivity index is 2.06. The summed E-state index contributed by atoms with van der Waals surface area (Å²) in [5.74, 6) is -0.136. The Hall–Kier alpha value is -2.39. The first-order chi connectivity index (χ1) is 11.6. The highest BCUT2D eigenvalue weighted by molar-refractivity contribution is 6.34. The van der Waals surface area contributed by atoms with E-state index >= 15 is 0 Å². The molecule has 0 saturated heterocycles. The molecule has 0 fully saturated rings. The molecule has 1 atom stereocenters. The van der Waals surface area contributed by atoms with Gasteiger partial charge in [-0.05, 0) is 36.9 Å². The van der Waals surface area contributed by atoms with E-state index in [1.807, 2.05) is 55.5 Å². The van der Waals surface area contributed by atoms with Crippen LogP contribution < -0.4 is 4.90 Å². The lowest BCUT2D eigenvalue weighted by atomic mass is 10.1. The Bertz CT molecular complexity index is 878. The molecule has 24 heavy (non-hydrogen) atoms. The summed E-state index contributed by atoms with van der Waals surface area (Å²) in [7, 11) is 0. The van der Waals surface area contributed by atoms with Gasteiger partial charge in [0, 0.05) is 17.6 Å². The van der Waals surface area contributed by atoms with Crippen molar-refractivity contribution in [3.8, 4) is 0 Å². The second kappa shape index (κ2) is 7.02. The number of pyridine rings is 1. The molecule has 0 spiro atoms. The number of hydrogen-bond acceptors (Lipinski definition) is 2. The molecule has 0 aliphatic heterocycles. The minimum atomic E-state index is -0.136. The molecule has 1 amide bonds. The van der Waals surface area contributed by atoms with Crippen LogP contribution in [0.5, 0.6) is 0 Å². The molecule has 0 radical (unpaired) electrons. The molecule has 3 rings (SSSR count). The fourth-order valence-electron chi connectivity index (χ4n) is 2.70. The summed E-state index contributed by atoms with van der Waals surface area (Å²) in [5.41, 5.74) is 1.14. The highest BCUT2D eigenvalue weighted by atomic mass is 35.5. The first-order valence-electron chi connectivity index (χ1n) is 8.04. The van der Waals surface area contributed by atoms with Crippen molar-refractivity contribution in [3.05, 3.63) is 71.5 Å². The lowest BCUT2D eigenvalue weighted by Gasteiger charge is -2.29. The summed E-state index contributed by atoms with van der Waals surface area (Å²) in [5, 5.41) is 2.58. The van der Waals surface area contributed by atoms with Gasteiger partial charge >= 0.3 is 0 Å². The predicted octanol–water partition coefficient (Wildman–Crippen LogP) is 5.33. The van der Waals surface area contributed by atoms with Crippen LogP contribution in [0.1, 0.15) is 30.8 Å². The number of benzene rings is 2. The van der Waals surface area contributed by atoms with Crippen molar-refractivity contribution in [2.45, 2.75) is 26.3 Å². The number of carbonyl (C=O) groups is 1. The van der Waals surface area contributed by atoms with Crippen LogP contribution in [-0.2, 0) is 0 Å². The van der Waals surface area contributed by atoms with Gasteiger partial charge in [0.25, 0.3) is 5.91 Å². The van der Waals surface area contributed by atoms with E-state index in [1.54, 1.807) is 17.2 Å². The predicted molar refractivity (Wildman–Crippen MR) is 99.8 cm³/mol. The number of aromatic nitrogens is 1. The highest BCUT2D eigenvalue weighted by Gasteiger charge is 2.25. The molecule has 1 heterocycles. The van der Waals surface area contributed by atoms with Gasteiger partial charge in [-0.1, -0.05) is 54.9 Å². The third kappa shape index (κ3) is 3.13. The van der Waals surface area contributed by atoms with Crippen molar-refractivity contribution in [2.24, 2.45) is 0 Å². The quantitative estimate of drug-likeness (QED) is 0.643. The van der Waals surface area contributed by atoms with Crippen LogP contribution in [0.3, 0.4) is 0 Å². The molecule has 0 aliphatic rings. The molecule has 0 saturated carbocycles. The average molecular weight is 339 g/mol. The van der Waals surface area contributed by atoms with Crippen LogP contribution in [0.2, 0.25) is 5.02 Å². The van der Waals surface area contributed by atoms with E-state index in [1.165, 1.54) is 0 Å². The van der Waals surface area contributed by atoms with E-state index < -0.39 is 0 Å². The Morgan fingerprint density at radius 2 is 1.79 bits per heavy atom. The summed E-state index contributed by atoms with van der Waals surface area (Å²) < 4.78 is 0. The van der Waals surface area contributed by atoms with Gasteiger partial charge < -0.3 is 4.90 Å². The fraction of sp³-hybridized carbons (Fsp3) is 0.200. The number of anilines is 1. The van der Waals surface area contributed by atoms with E-state index in [4.69, 9.17) is 11.6 Å². The number of hydrogen-bond donors (Lipinski definition) is 0. The van der Waals surface area contributed by atoms with E-state index in [2.05, 4.69) is 11.9 Å². The summed E-state index contributed by atoms with van der Waals surface area (Å²) in [6.07, 6.45) is 2.56. The third-order valence-electron chi connectivity index (χ3n) is 4.21. The van der Waals surface area contributed by atoms with Gasteiger partial charge in [-0.25, -0.2) is 0 Å². The fourth-order valence-corrected chi connectivity index (χ4v) is 2.93. The van der Waals surface area contributed by atoms with Gasteiger partial charge in [-0.15, -0.1) is 0 Å². The minimum absolute atomic E-state index is 0.0191. The molecular weight excluding hydrogens is 320 g/mol. The smallest absolute Gasteiger partial charge is 0.277 e. The van der Waals surface area contributed by atoms with Gasteiger partial charge in [-0.3, -0.25) is 9.78 Å². The molecular formula is C20H19ClN2O. The third-order valence-corrected chi connectivity index (χ3v) is 4.53. The maximum absolute atomic E-state index is 13.1. The van der Waals surface area contributed by atoms with Gasteiger partial charge in [0.2, 0.25) is 0 Å². The van der Waals surface area contributed by atoms with Crippen molar-refractivity contribution >= 4 is 34.0 Å². The van der Waals surface area contributed by atoms with Crippen LogP contribution >= 0.6 is 11.6 Å². The summed E-state index contributed by atoms with van der Waals surface area (Å²) >= 11 is 6.33. The van der Waals surface area contributed by atoms with Crippen molar-refractivity contribution < 1.29 is 4.79 Å². The Morgan fingerprint density at radius 1 is 1.12 bits per heavy atom. The first kappa shape index (κ1) is 16.5. The second-order valence-corrected chi connectivity index (χ2v) is 6.21. The van der Waals surface area contributed by atoms with Gasteiger partial charge in [0.05, 0.1) is 10.7 Å². The zero-order valence-electron chi connectivity index (χ0n) is 13.7. The van der Waals surface area contributed by atoms with Crippen LogP contribution in [0.15, 0.2) is 60.8 Å². The normalized spacial score (nSPS) is 12.1. The zero-order chi connectivity index (χ0) is 17.1. The van der Waals surface area contributed by atoms with Crippen molar-refractivity contribution in [1.29, 1.82) is 0 Å². The maximum atomic E-state index is 13.1. The number of carbonyl (C=O) groups excluding carboxylic acids is 1. The van der Waals surface area contributed by atoms with Crippen LogP contribution in [-0.4, -0.2) is 16.9 Å². The topological polar surface area (TPSA) is 33.2 Å². The van der Waals surface area contributed by atoms with Crippen molar-refractivity contribution in [2.75, 3.05) is 4.90 Å². The number of fused-ring (bicyclic) bond motifs is 1. The van der Waals surface area contributed by atoms with Crippen LogP contribution in [0.4, 0.5) is 5.69 Å². The molecule has 0 unspecified atom stereocenters. The SMILES string of the molecule is CC[C@@H](C)N(C(=O)c1cc2ccccc2cn1)c1ccccc1Cl. The van der Waals surface area contributed by atoms with Crippen molar-refractivity contribution in [3.63, 3.8) is 0 Å². The molecule has 0 aliphatic carbocycles. The summed E-state index contributed by atoms with van der Waals surface area (Å²) in [6.45, 7) is 4.07. The van der Waals surface area contributed by atoms with Crippen LogP contribution in [0.25, 0.3) is 10.8 Å². The Morgan fingerprint density at radius 3 is 2.50 bits per heavy atom. The minimum Gasteiger partial charge on any atom is -0.303 e. The molecule has 1 aromatic heterocycles. The first-order valence-corrected chi connectivity index (χ1v) is 8.42. The summed E-state index contributed by atoms with van der Waals surface area (Å²) in [4.78, 5) is 19.2. The lowest BCUT2D eigenvalue weighted by Crippen LogP contribution is -2.39. The molecule has 3 aromatic rings. The monoisotopic (exact) mass is 338 g/mol. The molecule has 0 bridgehead atoms. The number of halogens is 1. The Labute approximate surface area is 146 Å². The largest absolute Gasteiger partial charge is 0.303 e. The number of para-hydroxylation sites is 1. The van der Waals surface area contributed by atoms with E-state index in [9.17, 15) is 4.79 Å². The molecule has 122 valence electrons. The molecule has 0 N–H and O–H groups in total. The van der Waals surface area contributed by atoms with E-state index in [0.29, 0.717) is 16.4 Å². The van der Waals surface area contributed by atoms with E-state index in [-0.39, 0.29) is 11.9 Å². The van der Waals surface area contributed by atoms with Crippen molar-refractivity contribution in [1.82, 2.24) is 4.98 Å². The zero-order valence-corrected chi connectivity index (χ0v) is 14.5. The average Bonchev–Trinajstić information content (AvgIpc) is 2.62. The van der Waals surface area contributed by atoms with Gasteiger partial charge in [-0.2, -0.15) is 0 Å². The maximum Gasteiger partial charge on any atom is 0.277 e. The molecule has 3 nitrogen and oxygen atoms in total. The van der Waals surface area contributed by atoms with Gasteiger partial charge in [0.15, 0.2) is 0 Å². The number of nitrogens with zero attached hydrogens (tertiary/aromatic N) is 2. The van der Waals surface area contributed by atoms with Gasteiger partial charge in [0.1, 0.15) is 5.69 Å². The van der Waals surface area contributed by atoms with E-state index in [0.717, 1.165) is 17.2 Å². The Kier molecular flexibility index (Phi) is 4.81. The number of rotatable bonds is 4. The lowest BCUT2D eigenvalue weighted by molar-refractivity contribution is 0.0973. The standard InChI is InChI=1S/C20H19ClN2O/c1-3-14(2)23(19-11-7-6-10-17(19)21)20(24)18-12-15-8-4-5-9-16(15)13-22-18/h4-14H,3H2,1-2H3/t14-/m1/s1. The highest BCUT2D eigenvalue weighted by Crippen LogP contribution is 2.29. The molecule has 4 heteroatoms. The number of amides is 1. The second-order valence-electron chi connectivity index (χ2n) is 5.80. The van der Waals surface area contributed by atoms with Crippen LogP contribution in [0, 0.1) is 0 Å². The molecule has 2 aromatic carbocycles.